The second-order valence-corrected chi connectivity index (χ2v) is 5.71. The molecule has 3 N–H and O–H groups in total. The molecule has 7 heteroatoms. The van der Waals surface area contributed by atoms with Gasteiger partial charge in [-0.3, -0.25) is 9.79 Å². The first kappa shape index (κ1) is 21.9. The fourth-order valence-electron chi connectivity index (χ4n) is 2.13. The molecule has 0 atom stereocenters. The first-order chi connectivity index (χ1) is 12.7. The van der Waals surface area contributed by atoms with Crippen LogP contribution in [0.2, 0.25) is 0 Å². The third-order valence-corrected chi connectivity index (χ3v) is 3.68. The molecule has 0 fully saturated rings. The highest BCUT2D eigenvalue weighted by Gasteiger charge is 2.03. The Morgan fingerprint density at radius 3 is 2.35 bits per heavy atom. The Bertz CT molecular complexity index is 532. The second kappa shape index (κ2) is 14.1. The molecule has 0 aliphatic carbocycles. The summed E-state index contributed by atoms with van der Waals surface area (Å²) in [6, 6.07) is 7.46. The summed E-state index contributed by atoms with van der Waals surface area (Å²) < 4.78 is 10.9. The number of guanidine groups is 1. The summed E-state index contributed by atoms with van der Waals surface area (Å²) in [6.07, 6.45) is 2.24. The van der Waals surface area contributed by atoms with Gasteiger partial charge < -0.3 is 25.4 Å². The molecule has 0 bridgehead atoms. The quantitative estimate of drug-likeness (QED) is 0.298. The van der Waals surface area contributed by atoms with Crippen molar-refractivity contribution >= 4 is 11.9 Å². The number of hydrogen-bond donors (Lipinski definition) is 3. The van der Waals surface area contributed by atoms with E-state index in [0.717, 1.165) is 25.0 Å². The molecule has 1 amide bonds. The summed E-state index contributed by atoms with van der Waals surface area (Å²) in [7, 11) is 3.35. The minimum atomic E-state index is -0.0854. The topological polar surface area (TPSA) is 84.0 Å². The maximum atomic E-state index is 11.5. The van der Waals surface area contributed by atoms with Crippen molar-refractivity contribution in [3.8, 4) is 0 Å². The van der Waals surface area contributed by atoms with Crippen molar-refractivity contribution in [1.29, 1.82) is 0 Å². The number of benzene rings is 1. The minimum Gasteiger partial charge on any atom is -0.379 e. The van der Waals surface area contributed by atoms with Gasteiger partial charge in [0.25, 0.3) is 5.91 Å². The highest BCUT2D eigenvalue weighted by molar-refractivity contribution is 5.93. The summed E-state index contributed by atoms with van der Waals surface area (Å²) in [4.78, 5) is 15.7. The fourth-order valence-corrected chi connectivity index (χ4v) is 2.13. The van der Waals surface area contributed by atoms with Gasteiger partial charge in [0.15, 0.2) is 5.96 Å². The smallest absolute Gasteiger partial charge is 0.251 e. The van der Waals surface area contributed by atoms with Crippen LogP contribution in [0.15, 0.2) is 29.3 Å². The second-order valence-electron chi connectivity index (χ2n) is 5.71. The molecule has 1 aromatic rings. The minimum absolute atomic E-state index is 0.0854. The van der Waals surface area contributed by atoms with Crippen LogP contribution in [0.1, 0.15) is 35.7 Å². The summed E-state index contributed by atoms with van der Waals surface area (Å²) >= 11 is 0. The van der Waals surface area contributed by atoms with Crippen molar-refractivity contribution in [1.82, 2.24) is 16.0 Å². The predicted octanol–water partition coefficient (Wildman–Crippen LogP) is 1.54. The Hall–Kier alpha value is -2.12. The van der Waals surface area contributed by atoms with Crippen LogP contribution < -0.4 is 16.0 Å². The van der Waals surface area contributed by atoms with Gasteiger partial charge in [-0.25, -0.2) is 0 Å². The van der Waals surface area contributed by atoms with Gasteiger partial charge in [0, 0.05) is 39.4 Å². The van der Waals surface area contributed by atoms with Gasteiger partial charge in [0.1, 0.15) is 0 Å². The number of hydrogen-bond acceptors (Lipinski definition) is 4. The van der Waals surface area contributed by atoms with Crippen LogP contribution in [-0.4, -0.2) is 58.9 Å². The number of nitrogens with zero attached hydrogens (tertiary/aromatic N) is 1. The largest absolute Gasteiger partial charge is 0.379 e. The molecule has 1 rings (SSSR count). The molecule has 0 saturated heterocycles. The van der Waals surface area contributed by atoms with E-state index in [9.17, 15) is 4.79 Å². The molecule has 0 heterocycles. The number of ether oxygens (including phenoxy) is 2. The summed E-state index contributed by atoms with van der Waals surface area (Å²) in [5.41, 5.74) is 1.72. The van der Waals surface area contributed by atoms with Crippen LogP contribution in [0.25, 0.3) is 0 Å². The number of carbonyl (C=O) groups excluding carboxylic acids is 1. The van der Waals surface area contributed by atoms with Crippen LogP contribution in [-0.2, 0) is 16.0 Å². The first-order valence-corrected chi connectivity index (χ1v) is 9.12. The Balaban J connectivity index is 2.16. The molecule has 1 aromatic carbocycles. The maximum absolute atomic E-state index is 11.5. The summed E-state index contributed by atoms with van der Waals surface area (Å²) in [5, 5.41) is 9.04. The Morgan fingerprint density at radius 2 is 1.73 bits per heavy atom. The lowest BCUT2D eigenvalue weighted by Crippen LogP contribution is -2.38. The van der Waals surface area contributed by atoms with Crippen LogP contribution >= 0.6 is 0 Å². The Kier molecular flexibility index (Phi) is 11.9. The van der Waals surface area contributed by atoms with Gasteiger partial charge in [-0.2, -0.15) is 0 Å². The highest BCUT2D eigenvalue weighted by atomic mass is 16.5. The van der Waals surface area contributed by atoms with Crippen molar-refractivity contribution in [2.45, 2.75) is 26.3 Å². The monoisotopic (exact) mass is 364 g/mol. The lowest BCUT2D eigenvalue weighted by molar-refractivity contribution is 0.0487. The molecule has 0 aliphatic heterocycles. The molecule has 26 heavy (non-hydrogen) atoms. The third kappa shape index (κ3) is 9.39. The molecule has 0 spiro atoms. The zero-order valence-electron chi connectivity index (χ0n) is 16.1. The van der Waals surface area contributed by atoms with Gasteiger partial charge in [-0.05, 0) is 24.1 Å². The molecule has 0 unspecified atom stereocenters. The van der Waals surface area contributed by atoms with Crippen molar-refractivity contribution < 1.29 is 14.3 Å². The van der Waals surface area contributed by atoms with Gasteiger partial charge >= 0.3 is 0 Å². The molecular weight excluding hydrogens is 332 g/mol. The van der Waals surface area contributed by atoms with E-state index in [1.807, 2.05) is 24.3 Å². The van der Waals surface area contributed by atoms with Crippen molar-refractivity contribution in [3.05, 3.63) is 35.4 Å². The summed E-state index contributed by atoms with van der Waals surface area (Å²) in [6.45, 7) is 6.09. The Morgan fingerprint density at radius 1 is 1.04 bits per heavy atom. The van der Waals surface area contributed by atoms with Crippen molar-refractivity contribution in [2.75, 3.05) is 47.1 Å². The highest BCUT2D eigenvalue weighted by Crippen LogP contribution is 2.04. The van der Waals surface area contributed by atoms with Crippen molar-refractivity contribution in [3.63, 3.8) is 0 Å². The molecule has 0 radical (unpaired) electrons. The van der Waals surface area contributed by atoms with E-state index in [1.165, 1.54) is 0 Å². The molecule has 0 saturated carbocycles. The normalized spacial score (nSPS) is 11.3. The molecule has 7 nitrogen and oxygen atoms in total. The van der Waals surface area contributed by atoms with E-state index in [0.29, 0.717) is 44.4 Å². The third-order valence-electron chi connectivity index (χ3n) is 3.68. The van der Waals surface area contributed by atoms with Crippen LogP contribution in [0.4, 0.5) is 0 Å². The van der Waals surface area contributed by atoms with Gasteiger partial charge in [-0.1, -0.05) is 25.5 Å². The lowest BCUT2D eigenvalue weighted by Gasteiger charge is -2.12. The molecular formula is C19H32N4O3. The average Bonchev–Trinajstić information content (AvgIpc) is 2.68. The number of carbonyl (C=O) groups is 1. The van der Waals surface area contributed by atoms with E-state index in [2.05, 4.69) is 27.9 Å². The van der Waals surface area contributed by atoms with Gasteiger partial charge in [-0.15, -0.1) is 0 Å². The average molecular weight is 364 g/mol. The maximum Gasteiger partial charge on any atom is 0.251 e. The SMILES string of the molecule is CCCCOCCOCCNC(=NC)NCc1ccc(C(=O)NC)cc1. The molecule has 0 aromatic heterocycles. The van der Waals surface area contributed by atoms with Gasteiger partial charge in [0.2, 0.25) is 0 Å². The van der Waals surface area contributed by atoms with E-state index < -0.39 is 0 Å². The first-order valence-electron chi connectivity index (χ1n) is 9.12. The van der Waals surface area contributed by atoms with Crippen LogP contribution in [0, 0.1) is 0 Å². The Labute approximate surface area is 156 Å². The standard InChI is InChI=1S/C19H32N4O3/c1-4-5-11-25-13-14-26-12-10-22-19(21-3)23-15-16-6-8-17(9-7-16)18(24)20-2/h6-9H,4-5,10-15H2,1-3H3,(H,20,24)(H2,21,22,23). The molecule has 0 aliphatic rings. The number of rotatable bonds is 12. The summed E-state index contributed by atoms with van der Waals surface area (Å²) in [5.74, 6) is 0.626. The zero-order valence-corrected chi connectivity index (χ0v) is 16.1. The van der Waals surface area contributed by atoms with E-state index >= 15 is 0 Å². The molecule has 146 valence electrons. The number of unbranched alkanes of at least 4 members (excludes halogenated alkanes) is 1. The van der Waals surface area contributed by atoms with Crippen LogP contribution in [0.3, 0.4) is 0 Å². The van der Waals surface area contributed by atoms with Crippen molar-refractivity contribution in [2.24, 2.45) is 4.99 Å². The van der Waals surface area contributed by atoms with E-state index in [4.69, 9.17) is 9.47 Å². The fraction of sp³-hybridized carbons (Fsp3) is 0.579. The van der Waals surface area contributed by atoms with Crippen LogP contribution in [0.5, 0.6) is 0 Å². The zero-order chi connectivity index (χ0) is 19.0. The van der Waals surface area contributed by atoms with Gasteiger partial charge in [0.05, 0.1) is 19.8 Å². The number of aliphatic imine (C=N–C) groups is 1. The predicted molar refractivity (Wildman–Crippen MR) is 105 cm³/mol. The number of nitrogens with one attached hydrogen (secondary N) is 3. The van der Waals surface area contributed by atoms with E-state index in [-0.39, 0.29) is 5.91 Å². The lowest BCUT2D eigenvalue weighted by atomic mass is 10.1. The number of amides is 1. The van der Waals surface area contributed by atoms with E-state index in [1.54, 1.807) is 14.1 Å².